The van der Waals surface area contributed by atoms with E-state index in [1.807, 2.05) is 12.1 Å². The van der Waals surface area contributed by atoms with Crippen molar-refractivity contribution < 1.29 is 4.79 Å². The van der Waals surface area contributed by atoms with Crippen LogP contribution in [0.5, 0.6) is 0 Å². The number of H-pyrrole nitrogens is 1. The third kappa shape index (κ3) is 1.75. The summed E-state index contributed by atoms with van der Waals surface area (Å²) >= 11 is 0. The lowest BCUT2D eigenvalue weighted by Crippen LogP contribution is -2.46. The first kappa shape index (κ1) is 13.8. The first-order valence-corrected chi connectivity index (χ1v) is 8.07. The summed E-state index contributed by atoms with van der Waals surface area (Å²) in [7, 11) is 0. The normalized spacial score (nSPS) is 28.0. The predicted molar refractivity (Wildman–Crippen MR) is 85.5 cm³/mol. The summed E-state index contributed by atoms with van der Waals surface area (Å²) in [5.41, 5.74) is 7.60. The molecule has 116 valence electrons. The van der Waals surface area contributed by atoms with E-state index < -0.39 is 5.91 Å². The molecule has 5 nitrogen and oxygen atoms in total. The highest BCUT2D eigenvalue weighted by molar-refractivity contribution is 6.04. The van der Waals surface area contributed by atoms with Crippen molar-refractivity contribution in [3.8, 4) is 0 Å². The van der Waals surface area contributed by atoms with Gasteiger partial charge in [0.2, 0.25) is 0 Å². The number of primary amides is 1. The van der Waals surface area contributed by atoms with Crippen LogP contribution in [0.25, 0.3) is 11.0 Å². The Balaban J connectivity index is 1.87. The van der Waals surface area contributed by atoms with Crippen LogP contribution >= 0.6 is 0 Å². The van der Waals surface area contributed by atoms with Gasteiger partial charge in [-0.3, -0.25) is 9.69 Å². The van der Waals surface area contributed by atoms with Crippen LogP contribution in [-0.4, -0.2) is 33.4 Å². The molecule has 4 rings (SSSR count). The van der Waals surface area contributed by atoms with Gasteiger partial charge in [-0.2, -0.15) is 0 Å². The third-order valence-corrected chi connectivity index (χ3v) is 5.44. The molecule has 1 aromatic carbocycles. The van der Waals surface area contributed by atoms with Crippen molar-refractivity contribution in [1.82, 2.24) is 14.9 Å². The lowest BCUT2D eigenvalue weighted by molar-refractivity contribution is 0.0735. The minimum Gasteiger partial charge on any atom is -0.366 e. The molecule has 1 saturated heterocycles. The van der Waals surface area contributed by atoms with Crippen molar-refractivity contribution >= 4 is 16.9 Å². The molecule has 2 heterocycles. The number of rotatable bonds is 3. The first-order valence-electron chi connectivity index (χ1n) is 8.07. The number of nitrogens with zero attached hydrogens (tertiary/aromatic N) is 2. The Labute approximate surface area is 129 Å². The largest absolute Gasteiger partial charge is 0.366 e. The Morgan fingerprint density at radius 1 is 1.50 bits per heavy atom. The molecule has 2 atom stereocenters. The summed E-state index contributed by atoms with van der Waals surface area (Å²) in [4.78, 5) is 22.5. The quantitative estimate of drug-likeness (QED) is 0.913. The maximum absolute atomic E-state index is 11.6. The average Bonchev–Trinajstić information content (AvgIpc) is 3.18. The van der Waals surface area contributed by atoms with Crippen molar-refractivity contribution in [2.24, 2.45) is 11.7 Å². The highest BCUT2D eigenvalue weighted by atomic mass is 16.1. The number of amides is 1. The fraction of sp³-hybridized carbons (Fsp3) is 0.529. The molecule has 3 N–H and O–H groups in total. The van der Waals surface area contributed by atoms with E-state index >= 15 is 0 Å². The summed E-state index contributed by atoms with van der Waals surface area (Å²) in [6, 6.07) is 6.07. The lowest BCUT2D eigenvalue weighted by Gasteiger charge is -2.40. The number of piperidine rings is 1. The number of imidazole rings is 1. The molecule has 1 aliphatic heterocycles. The first-order chi connectivity index (χ1) is 10.5. The highest BCUT2D eigenvalue weighted by Crippen LogP contribution is 2.53. The van der Waals surface area contributed by atoms with E-state index in [0.29, 0.717) is 17.1 Å². The lowest BCUT2D eigenvalue weighted by atomic mass is 9.94. The fourth-order valence-electron chi connectivity index (χ4n) is 4.50. The summed E-state index contributed by atoms with van der Waals surface area (Å²) in [6.45, 7) is 5.65. The smallest absolute Gasteiger partial charge is 0.250 e. The molecule has 1 aromatic heterocycles. The van der Waals surface area contributed by atoms with Crippen molar-refractivity contribution in [3.05, 3.63) is 29.6 Å². The summed E-state index contributed by atoms with van der Waals surface area (Å²) in [5.74, 6) is 1.36. The molecule has 2 bridgehead atoms. The Bertz CT molecular complexity index is 750. The van der Waals surface area contributed by atoms with Crippen LogP contribution in [0.1, 0.15) is 49.3 Å². The third-order valence-electron chi connectivity index (χ3n) is 5.44. The Hall–Kier alpha value is -1.88. The van der Waals surface area contributed by atoms with Crippen LogP contribution in [0.4, 0.5) is 0 Å². The molecule has 1 saturated carbocycles. The zero-order valence-corrected chi connectivity index (χ0v) is 13.1. The maximum atomic E-state index is 11.6. The van der Waals surface area contributed by atoms with Crippen molar-refractivity contribution in [2.75, 3.05) is 6.54 Å². The minimum absolute atomic E-state index is 0.00672. The van der Waals surface area contributed by atoms with E-state index in [9.17, 15) is 4.79 Å². The molecular weight excluding hydrogens is 276 g/mol. The van der Waals surface area contributed by atoms with E-state index in [1.165, 1.54) is 6.42 Å². The number of carbonyl (C=O) groups excluding carboxylic acids is 1. The van der Waals surface area contributed by atoms with Gasteiger partial charge in [-0.1, -0.05) is 6.07 Å². The van der Waals surface area contributed by atoms with Gasteiger partial charge in [0.05, 0.1) is 16.6 Å². The Morgan fingerprint density at radius 2 is 2.32 bits per heavy atom. The topological polar surface area (TPSA) is 75.0 Å². The molecule has 0 spiro atoms. The van der Waals surface area contributed by atoms with Gasteiger partial charge in [0.25, 0.3) is 5.91 Å². The molecule has 0 radical (unpaired) electrons. The van der Waals surface area contributed by atoms with E-state index in [1.54, 1.807) is 6.07 Å². The predicted octanol–water partition coefficient (Wildman–Crippen LogP) is 2.38. The van der Waals surface area contributed by atoms with Gasteiger partial charge in [0.1, 0.15) is 11.3 Å². The molecule has 2 unspecified atom stereocenters. The number of aromatic nitrogens is 2. The Kier molecular flexibility index (Phi) is 2.85. The average molecular weight is 298 g/mol. The van der Waals surface area contributed by atoms with Crippen LogP contribution in [0.15, 0.2) is 18.2 Å². The molecule has 2 aromatic rings. The molecule has 2 aliphatic rings. The number of hydrogen-bond acceptors (Lipinski definition) is 3. The molecule has 22 heavy (non-hydrogen) atoms. The second kappa shape index (κ2) is 4.56. The van der Waals surface area contributed by atoms with E-state index in [4.69, 9.17) is 10.7 Å². The monoisotopic (exact) mass is 298 g/mol. The zero-order valence-electron chi connectivity index (χ0n) is 13.1. The van der Waals surface area contributed by atoms with E-state index in [-0.39, 0.29) is 5.54 Å². The summed E-state index contributed by atoms with van der Waals surface area (Å²) in [6.07, 6.45) is 3.57. The van der Waals surface area contributed by atoms with Gasteiger partial charge < -0.3 is 10.7 Å². The van der Waals surface area contributed by atoms with Crippen LogP contribution in [-0.2, 0) is 5.54 Å². The van der Waals surface area contributed by atoms with Crippen LogP contribution in [0, 0.1) is 5.92 Å². The second-order valence-corrected chi connectivity index (χ2v) is 7.04. The fourth-order valence-corrected chi connectivity index (χ4v) is 4.50. The molecule has 1 amide bonds. The molecular formula is C17H22N4O. The number of fused-ring (bicyclic) bond motifs is 3. The number of para-hydroxylation sites is 1. The Morgan fingerprint density at radius 3 is 3.00 bits per heavy atom. The van der Waals surface area contributed by atoms with Crippen LogP contribution < -0.4 is 5.73 Å². The number of aromatic amines is 1. The summed E-state index contributed by atoms with van der Waals surface area (Å²) < 4.78 is 0. The summed E-state index contributed by atoms with van der Waals surface area (Å²) in [5, 5.41) is 0. The van der Waals surface area contributed by atoms with Gasteiger partial charge in [-0.05, 0) is 51.2 Å². The van der Waals surface area contributed by atoms with E-state index in [2.05, 4.69) is 23.7 Å². The van der Waals surface area contributed by atoms with Gasteiger partial charge in [0, 0.05) is 12.6 Å². The van der Waals surface area contributed by atoms with Crippen molar-refractivity contribution in [3.63, 3.8) is 0 Å². The van der Waals surface area contributed by atoms with E-state index in [0.717, 1.165) is 36.6 Å². The number of carbonyl (C=O) groups is 1. The van der Waals surface area contributed by atoms with Gasteiger partial charge in [-0.25, -0.2) is 4.98 Å². The minimum atomic E-state index is -0.419. The number of nitrogens with two attached hydrogens (primary N) is 1. The number of likely N-dealkylation sites (tertiary alicyclic amines) is 1. The molecule has 5 heteroatoms. The molecule has 2 fully saturated rings. The van der Waals surface area contributed by atoms with Crippen LogP contribution in [0.3, 0.4) is 0 Å². The number of nitrogens with one attached hydrogen (secondary N) is 1. The highest BCUT2D eigenvalue weighted by Gasteiger charge is 2.54. The zero-order chi connectivity index (χ0) is 15.5. The van der Waals surface area contributed by atoms with Crippen molar-refractivity contribution in [2.45, 2.75) is 44.7 Å². The SMILES string of the molecule is CC(C)N1CC2CCC1(c1nc3c(C(N)=O)cccc3[nH]1)C2. The molecule has 1 aliphatic carbocycles. The van der Waals surface area contributed by atoms with Crippen LogP contribution in [0.2, 0.25) is 0 Å². The maximum Gasteiger partial charge on any atom is 0.250 e. The number of benzene rings is 1. The van der Waals surface area contributed by atoms with Gasteiger partial charge in [-0.15, -0.1) is 0 Å². The van der Waals surface area contributed by atoms with Gasteiger partial charge in [0.15, 0.2) is 0 Å². The second-order valence-electron chi connectivity index (χ2n) is 7.04. The number of hydrogen-bond donors (Lipinski definition) is 2. The van der Waals surface area contributed by atoms with Crippen molar-refractivity contribution in [1.29, 1.82) is 0 Å². The standard InChI is InChI=1S/C17H22N4O/c1-10(2)21-9-11-6-7-17(21,8-11)16-19-13-5-3-4-12(15(18)22)14(13)20-16/h3-5,10-11H,6-9H2,1-2H3,(H2,18,22)(H,19,20). The van der Waals surface area contributed by atoms with Gasteiger partial charge >= 0.3 is 0 Å².